The summed E-state index contributed by atoms with van der Waals surface area (Å²) in [6.45, 7) is 8.22. The number of allylic oxidation sites excluding steroid dienone is 1. The molecule has 0 saturated heterocycles. The van der Waals surface area contributed by atoms with Crippen LogP contribution in [-0.2, 0) is 14.9 Å². The molecule has 4 rings (SSSR count). The van der Waals surface area contributed by atoms with Crippen molar-refractivity contribution in [1.82, 2.24) is 4.57 Å². The maximum Gasteiger partial charge on any atom is 0.338 e. The number of ether oxygens (including phenoxy) is 2. The Morgan fingerprint density at radius 1 is 1.12 bits per heavy atom. The number of carbonyl (C=O) groups excluding carboxylic acids is 1. The van der Waals surface area contributed by atoms with Crippen LogP contribution in [-0.4, -0.2) is 24.8 Å². The highest BCUT2D eigenvalue weighted by molar-refractivity contribution is 7.07. The van der Waals surface area contributed by atoms with E-state index in [0.29, 0.717) is 26.4 Å². The smallest absolute Gasteiger partial charge is 0.338 e. The van der Waals surface area contributed by atoms with Gasteiger partial charge in [0.2, 0.25) is 0 Å². The minimum absolute atomic E-state index is 0.0133. The number of methoxy groups -OCH3 is 2. The lowest BCUT2D eigenvalue weighted by Gasteiger charge is -2.25. The maximum atomic E-state index is 13.6. The molecule has 3 aromatic rings. The Balaban J connectivity index is 1.93. The number of benzene rings is 2. The summed E-state index contributed by atoms with van der Waals surface area (Å²) >= 11 is 1.30. The van der Waals surface area contributed by atoms with Gasteiger partial charge in [0.1, 0.15) is 5.75 Å². The molecule has 1 aliphatic rings. The first-order valence-electron chi connectivity index (χ1n) is 11.0. The van der Waals surface area contributed by atoms with E-state index in [-0.39, 0.29) is 11.0 Å². The Morgan fingerprint density at radius 2 is 1.82 bits per heavy atom. The Morgan fingerprint density at radius 3 is 2.44 bits per heavy atom. The monoisotopic (exact) mass is 476 g/mol. The number of aromatic nitrogens is 1. The zero-order valence-corrected chi connectivity index (χ0v) is 21.0. The predicted octanol–water partition coefficient (Wildman–Crippen LogP) is 3.71. The van der Waals surface area contributed by atoms with Crippen molar-refractivity contribution in [2.75, 3.05) is 14.2 Å². The number of hydrogen-bond acceptors (Lipinski definition) is 6. The van der Waals surface area contributed by atoms with Crippen molar-refractivity contribution in [2.45, 2.75) is 39.2 Å². The molecule has 0 radical (unpaired) electrons. The fourth-order valence-electron chi connectivity index (χ4n) is 4.06. The zero-order valence-electron chi connectivity index (χ0n) is 20.2. The first kappa shape index (κ1) is 23.7. The molecule has 0 spiro atoms. The Bertz CT molecular complexity index is 1450. The molecule has 34 heavy (non-hydrogen) atoms. The third kappa shape index (κ3) is 4.35. The van der Waals surface area contributed by atoms with Crippen molar-refractivity contribution in [3.05, 3.63) is 96.2 Å². The Hall–Kier alpha value is -3.45. The molecule has 0 N–H and O–H groups in total. The molecular formula is C27H28N2O4S. The van der Waals surface area contributed by atoms with Crippen molar-refractivity contribution >= 4 is 23.4 Å². The molecule has 2 aromatic carbocycles. The minimum Gasteiger partial charge on any atom is -0.497 e. The fourth-order valence-corrected chi connectivity index (χ4v) is 5.10. The van der Waals surface area contributed by atoms with Gasteiger partial charge >= 0.3 is 5.97 Å². The van der Waals surface area contributed by atoms with Crippen LogP contribution in [0.25, 0.3) is 6.08 Å². The highest BCUT2D eigenvalue weighted by Gasteiger charge is 2.33. The lowest BCUT2D eigenvalue weighted by atomic mass is 9.85. The van der Waals surface area contributed by atoms with Crippen molar-refractivity contribution in [3.63, 3.8) is 0 Å². The number of esters is 1. The second-order valence-corrected chi connectivity index (χ2v) is 10.2. The van der Waals surface area contributed by atoms with E-state index in [0.717, 1.165) is 11.1 Å². The quantitative estimate of drug-likeness (QED) is 0.539. The Kier molecular flexibility index (Phi) is 6.32. The van der Waals surface area contributed by atoms with Crippen LogP contribution in [0.15, 0.2) is 69.6 Å². The van der Waals surface area contributed by atoms with Gasteiger partial charge in [0, 0.05) is 0 Å². The van der Waals surface area contributed by atoms with Gasteiger partial charge in [0.15, 0.2) is 4.80 Å². The van der Waals surface area contributed by atoms with E-state index in [1.165, 1.54) is 24.0 Å². The average molecular weight is 477 g/mol. The predicted molar refractivity (Wildman–Crippen MR) is 134 cm³/mol. The third-order valence-electron chi connectivity index (χ3n) is 5.91. The van der Waals surface area contributed by atoms with Crippen molar-refractivity contribution in [2.24, 2.45) is 4.99 Å². The van der Waals surface area contributed by atoms with Gasteiger partial charge in [-0.2, -0.15) is 0 Å². The number of thiazole rings is 1. The largest absolute Gasteiger partial charge is 0.497 e. The van der Waals surface area contributed by atoms with E-state index >= 15 is 0 Å². The summed E-state index contributed by atoms with van der Waals surface area (Å²) in [5.41, 5.74) is 3.54. The molecule has 0 fully saturated rings. The van der Waals surface area contributed by atoms with Crippen molar-refractivity contribution < 1.29 is 14.3 Å². The molecule has 6 nitrogen and oxygen atoms in total. The molecule has 2 heterocycles. The molecule has 0 bridgehead atoms. The fraction of sp³-hybridized carbons (Fsp3) is 0.296. The number of fused-ring (bicyclic) bond motifs is 1. The lowest BCUT2D eigenvalue weighted by Crippen LogP contribution is -2.39. The van der Waals surface area contributed by atoms with Gasteiger partial charge < -0.3 is 9.47 Å². The average Bonchev–Trinajstić information content (AvgIpc) is 3.11. The molecule has 1 atom stereocenters. The summed E-state index contributed by atoms with van der Waals surface area (Å²) < 4.78 is 12.5. The first-order valence-corrected chi connectivity index (χ1v) is 11.8. The summed E-state index contributed by atoms with van der Waals surface area (Å²) in [5.74, 6) is 0.218. The van der Waals surface area contributed by atoms with Crippen molar-refractivity contribution in [1.29, 1.82) is 0 Å². The second kappa shape index (κ2) is 9.06. The van der Waals surface area contributed by atoms with Gasteiger partial charge in [0.25, 0.3) is 5.56 Å². The van der Waals surface area contributed by atoms with Crippen LogP contribution in [0.4, 0.5) is 0 Å². The van der Waals surface area contributed by atoms with Gasteiger partial charge in [-0.1, -0.05) is 68.5 Å². The molecule has 0 aliphatic carbocycles. The summed E-state index contributed by atoms with van der Waals surface area (Å²) in [6.07, 6.45) is 1.82. The van der Waals surface area contributed by atoms with E-state index in [1.54, 1.807) is 18.6 Å². The summed E-state index contributed by atoms with van der Waals surface area (Å²) in [6, 6.07) is 14.9. The highest BCUT2D eigenvalue weighted by Crippen LogP contribution is 2.32. The molecule has 176 valence electrons. The van der Waals surface area contributed by atoms with Gasteiger partial charge in [-0.3, -0.25) is 9.36 Å². The number of hydrogen-bond donors (Lipinski definition) is 0. The molecule has 0 amide bonds. The third-order valence-corrected chi connectivity index (χ3v) is 6.89. The molecule has 7 heteroatoms. The van der Waals surface area contributed by atoms with Gasteiger partial charge in [-0.15, -0.1) is 0 Å². The number of nitrogens with zero attached hydrogens (tertiary/aromatic N) is 2. The first-order chi connectivity index (χ1) is 16.1. The molecule has 0 saturated carbocycles. The van der Waals surface area contributed by atoms with Crippen molar-refractivity contribution in [3.8, 4) is 5.75 Å². The molecular weight excluding hydrogens is 448 g/mol. The van der Waals surface area contributed by atoms with Crippen LogP contribution < -0.4 is 19.6 Å². The van der Waals surface area contributed by atoms with Crippen LogP contribution in [0, 0.1) is 0 Å². The SMILES string of the molecule is COC(=O)C1=C(C)N=c2sc(=Cc3cccc(OC)c3)c(=O)n2C1c1ccc(C(C)(C)C)cc1. The standard InChI is InChI=1S/C27H28N2O4S/c1-16-22(25(31)33-6)23(18-10-12-19(13-11-18)27(2,3)4)29-24(30)21(34-26(29)28-16)15-17-8-7-9-20(14-17)32-5/h7-15,23H,1-6H3. The van der Waals surface area contributed by atoms with E-state index in [9.17, 15) is 9.59 Å². The lowest BCUT2D eigenvalue weighted by molar-refractivity contribution is -0.136. The zero-order chi connectivity index (χ0) is 24.6. The van der Waals surface area contributed by atoms with E-state index in [4.69, 9.17) is 9.47 Å². The van der Waals surface area contributed by atoms with Gasteiger partial charge in [-0.05, 0) is 47.2 Å². The summed E-state index contributed by atoms with van der Waals surface area (Å²) in [5, 5.41) is 0. The molecule has 1 unspecified atom stereocenters. The van der Waals surface area contributed by atoms with Crippen LogP contribution in [0.3, 0.4) is 0 Å². The van der Waals surface area contributed by atoms with Crippen LogP contribution in [0.2, 0.25) is 0 Å². The second-order valence-electron chi connectivity index (χ2n) is 9.22. The van der Waals surface area contributed by atoms with Gasteiger partial charge in [-0.25, -0.2) is 9.79 Å². The Labute approximate surface area is 202 Å². The molecule has 1 aromatic heterocycles. The topological polar surface area (TPSA) is 69.9 Å². The highest BCUT2D eigenvalue weighted by atomic mass is 32.1. The van der Waals surface area contributed by atoms with Crippen LogP contribution in [0.5, 0.6) is 5.75 Å². The number of rotatable bonds is 4. The molecule has 1 aliphatic heterocycles. The maximum absolute atomic E-state index is 13.6. The summed E-state index contributed by atoms with van der Waals surface area (Å²) in [7, 11) is 2.95. The van der Waals surface area contributed by atoms with E-state index < -0.39 is 12.0 Å². The van der Waals surface area contributed by atoms with Crippen LogP contribution >= 0.6 is 11.3 Å². The van der Waals surface area contributed by atoms with E-state index in [2.05, 4.69) is 25.8 Å². The number of carbonyl (C=O) groups is 1. The van der Waals surface area contributed by atoms with Crippen LogP contribution in [0.1, 0.15) is 50.4 Å². The van der Waals surface area contributed by atoms with Gasteiger partial charge in [0.05, 0.1) is 36.1 Å². The summed E-state index contributed by atoms with van der Waals surface area (Å²) in [4.78, 5) is 31.6. The normalized spacial score (nSPS) is 16.2. The minimum atomic E-state index is -0.620. The van der Waals surface area contributed by atoms with E-state index in [1.807, 2.05) is 54.6 Å².